The highest BCUT2D eigenvalue weighted by atomic mass is 16.1. The third kappa shape index (κ3) is 2.68. The minimum absolute atomic E-state index is 0.0662. The Bertz CT molecular complexity index is 366. The van der Waals surface area contributed by atoms with Gasteiger partial charge in [0, 0.05) is 18.5 Å². The Kier molecular flexibility index (Phi) is 3.84. The quantitative estimate of drug-likeness (QED) is 0.725. The molecule has 0 saturated heterocycles. The van der Waals surface area contributed by atoms with E-state index in [2.05, 4.69) is 5.32 Å². The average molecular weight is 188 g/mol. The number of ketones is 1. The van der Waals surface area contributed by atoms with Crippen molar-refractivity contribution in [1.82, 2.24) is 5.32 Å². The molecule has 0 unspecified atom stereocenters. The molecule has 14 heavy (non-hydrogen) atoms. The van der Waals surface area contributed by atoms with Crippen molar-refractivity contribution < 1.29 is 4.79 Å². The number of hydrogen-bond acceptors (Lipinski definition) is 3. The topological polar surface area (TPSA) is 52.9 Å². The molecule has 0 bridgehead atoms. The van der Waals surface area contributed by atoms with Gasteiger partial charge in [-0.2, -0.15) is 5.26 Å². The molecule has 0 fully saturated rings. The van der Waals surface area contributed by atoms with Gasteiger partial charge in [0.1, 0.15) is 0 Å². The van der Waals surface area contributed by atoms with Gasteiger partial charge in [0.25, 0.3) is 0 Å². The zero-order chi connectivity index (χ0) is 10.4. The van der Waals surface area contributed by atoms with E-state index in [0.717, 1.165) is 0 Å². The maximum Gasteiger partial charge on any atom is 0.164 e. The largest absolute Gasteiger partial charge is 0.319 e. The standard InChI is InChI=1S/C11H12N2O/c1-13-6-5-11(14)10-4-2-3-9(7-10)8-12/h2-4,7,13H,5-6H2,1H3. The molecule has 0 aliphatic rings. The van der Waals surface area contributed by atoms with Crippen molar-refractivity contribution in [2.45, 2.75) is 6.42 Å². The summed E-state index contributed by atoms with van der Waals surface area (Å²) in [5.41, 5.74) is 1.14. The summed E-state index contributed by atoms with van der Waals surface area (Å²) in [4.78, 5) is 11.5. The molecule has 1 rings (SSSR count). The van der Waals surface area contributed by atoms with Crippen LogP contribution in [0.2, 0.25) is 0 Å². The molecule has 3 heteroatoms. The second kappa shape index (κ2) is 5.15. The second-order valence-corrected chi connectivity index (χ2v) is 2.97. The summed E-state index contributed by atoms with van der Waals surface area (Å²) in [5.74, 6) is 0.0662. The Morgan fingerprint density at radius 2 is 2.36 bits per heavy atom. The van der Waals surface area contributed by atoms with Gasteiger partial charge in [0.15, 0.2) is 5.78 Å². The van der Waals surface area contributed by atoms with E-state index >= 15 is 0 Å². The number of carbonyl (C=O) groups is 1. The maximum atomic E-state index is 11.5. The maximum absolute atomic E-state index is 11.5. The third-order valence-electron chi connectivity index (χ3n) is 1.92. The van der Waals surface area contributed by atoms with E-state index in [0.29, 0.717) is 24.1 Å². The predicted octanol–water partition coefficient (Wildman–Crippen LogP) is 1.35. The molecule has 72 valence electrons. The number of Topliss-reactive ketones (excluding diaryl/α,β-unsaturated/α-hetero) is 1. The lowest BCUT2D eigenvalue weighted by Crippen LogP contribution is -2.13. The first-order valence-electron chi connectivity index (χ1n) is 4.46. The van der Waals surface area contributed by atoms with Crippen LogP contribution in [0.3, 0.4) is 0 Å². The molecule has 0 radical (unpaired) electrons. The van der Waals surface area contributed by atoms with Gasteiger partial charge in [0.05, 0.1) is 11.6 Å². The van der Waals surface area contributed by atoms with Crippen LogP contribution in [0.1, 0.15) is 22.3 Å². The summed E-state index contributed by atoms with van der Waals surface area (Å²) < 4.78 is 0. The first kappa shape index (κ1) is 10.4. The molecule has 1 aromatic rings. The fraction of sp³-hybridized carbons (Fsp3) is 0.273. The Labute approximate surface area is 83.4 Å². The van der Waals surface area contributed by atoms with E-state index in [9.17, 15) is 4.79 Å². The van der Waals surface area contributed by atoms with Crippen LogP contribution >= 0.6 is 0 Å². The molecule has 0 aromatic heterocycles. The van der Waals surface area contributed by atoms with Crippen LogP contribution in [0, 0.1) is 11.3 Å². The molecular weight excluding hydrogens is 176 g/mol. The van der Waals surface area contributed by atoms with E-state index in [4.69, 9.17) is 5.26 Å². The van der Waals surface area contributed by atoms with Crippen molar-refractivity contribution in [2.75, 3.05) is 13.6 Å². The third-order valence-corrected chi connectivity index (χ3v) is 1.92. The normalized spacial score (nSPS) is 9.43. The molecule has 0 aliphatic carbocycles. The summed E-state index contributed by atoms with van der Waals surface area (Å²) in [6.45, 7) is 0.662. The zero-order valence-corrected chi connectivity index (χ0v) is 8.08. The van der Waals surface area contributed by atoms with Crippen molar-refractivity contribution in [2.24, 2.45) is 0 Å². The molecule has 0 heterocycles. The molecule has 1 N–H and O–H groups in total. The van der Waals surface area contributed by atoms with Crippen LogP contribution in [0.25, 0.3) is 0 Å². The summed E-state index contributed by atoms with van der Waals surface area (Å²) in [5, 5.41) is 11.6. The fourth-order valence-electron chi connectivity index (χ4n) is 1.15. The molecule has 0 spiro atoms. The van der Waals surface area contributed by atoms with Gasteiger partial charge >= 0.3 is 0 Å². The zero-order valence-electron chi connectivity index (χ0n) is 8.08. The predicted molar refractivity (Wildman–Crippen MR) is 54.0 cm³/mol. The molecular formula is C11H12N2O. The monoisotopic (exact) mass is 188 g/mol. The second-order valence-electron chi connectivity index (χ2n) is 2.97. The lowest BCUT2D eigenvalue weighted by Gasteiger charge is -2.00. The van der Waals surface area contributed by atoms with Crippen LogP contribution < -0.4 is 5.32 Å². The number of rotatable bonds is 4. The van der Waals surface area contributed by atoms with E-state index < -0.39 is 0 Å². The lowest BCUT2D eigenvalue weighted by molar-refractivity contribution is 0.0983. The van der Waals surface area contributed by atoms with Crippen molar-refractivity contribution in [3.8, 4) is 6.07 Å². The van der Waals surface area contributed by atoms with Gasteiger partial charge in [-0.3, -0.25) is 4.79 Å². The number of nitrogens with zero attached hydrogens (tertiary/aromatic N) is 1. The summed E-state index contributed by atoms with van der Waals surface area (Å²) in [6.07, 6.45) is 0.464. The van der Waals surface area contributed by atoms with Gasteiger partial charge in [-0.05, 0) is 19.2 Å². The highest BCUT2D eigenvalue weighted by Crippen LogP contribution is 2.06. The molecule has 0 saturated carbocycles. The van der Waals surface area contributed by atoms with Gasteiger partial charge < -0.3 is 5.32 Å². The molecule has 3 nitrogen and oxygen atoms in total. The van der Waals surface area contributed by atoms with Crippen LogP contribution in [-0.4, -0.2) is 19.4 Å². The van der Waals surface area contributed by atoms with Crippen LogP contribution in [0.5, 0.6) is 0 Å². The van der Waals surface area contributed by atoms with Gasteiger partial charge in [-0.25, -0.2) is 0 Å². The van der Waals surface area contributed by atoms with Crippen molar-refractivity contribution >= 4 is 5.78 Å². The van der Waals surface area contributed by atoms with Crippen molar-refractivity contribution in [1.29, 1.82) is 5.26 Å². The fourth-order valence-corrected chi connectivity index (χ4v) is 1.15. The number of hydrogen-bond donors (Lipinski definition) is 1. The van der Waals surface area contributed by atoms with Crippen LogP contribution in [0.15, 0.2) is 24.3 Å². The first-order valence-corrected chi connectivity index (χ1v) is 4.46. The Morgan fingerprint density at radius 3 is 3.00 bits per heavy atom. The van der Waals surface area contributed by atoms with Crippen molar-refractivity contribution in [3.05, 3.63) is 35.4 Å². The Hall–Kier alpha value is -1.66. The van der Waals surface area contributed by atoms with Crippen molar-refractivity contribution in [3.63, 3.8) is 0 Å². The van der Waals surface area contributed by atoms with E-state index in [1.807, 2.05) is 6.07 Å². The van der Waals surface area contributed by atoms with Crippen LogP contribution in [0.4, 0.5) is 0 Å². The summed E-state index contributed by atoms with van der Waals surface area (Å²) >= 11 is 0. The van der Waals surface area contributed by atoms with Gasteiger partial charge in [-0.15, -0.1) is 0 Å². The Balaban J connectivity index is 2.75. The van der Waals surface area contributed by atoms with Gasteiger partial charge in [-0.1, -0.05) is 12.1 Å². The number of carbonyl (C=O) groups excluding carboxylic acids is 1. The number of nitriles is 1. The minimum atomic E-state index is 0.0662. The summed E-state index contributed by atoms with van der Waals surface area (Å²) in [7, 11) is 1.80. The Morgan fingerprint density at radius 1 is 1.57 bits per heavy atom. The number of nitrogens with one attached hydrogen (secondary N) is 1. The molecule has 0 atom stereocenters. The molecule has 0 amide bonds. The van der Waals surface area contributed by atoms with E-state index in [-0.39, 0.29) is 5.78 Å². The van der Waals surface area contributed by atoms with Gasteiger partial charge in [0.2, 0.25) is 0 Å². The smallest absolute Gasteiger partial charge is 0.164 e. The minimum Gasteiger partial charge on any atom is -0.319 e. The molecule has 0 aliphatic heterocycles. The highest BCUT2D eigenvalue weighted by molar-refractivity contribution is 5.96. The molecule has 1 aromatic carbocycles. The first-order chi connectivity index (χ1) is 6.77. The summed E-state index contributed by atoms with van der Waals surface area (Å²) in [6, 6.07) is 8.79. The average Bonchev–Trinajstić information content (AvgIpc) is 2.26. The number of benzene rings is 1. The highest BCUT2D eigenvalue weighted by Gasteiger charge is 2.04. The SMILES string of the molecule is CNCCC(=O)c1cccc(C#N)c1. The lowest BCUT2D eigenvalue weighted by atomic mass is 10.1. The van der Waals surface area contributed by atoms with E-state index in [1.54, 1.807) is 31.3 Å². The van der Waals surface area contributed by atoms with Crippen LogP contribution in [-0.2, 0) is 0 Å². The van der Waals surface area contributed by atoms with E-state index in [1.165, 1.54) is 0 Å².